The Kier molecular flexibility index (Phi) is 6.21. The van der Waals surface area contributed by atoms with E-state index < -0.39 is 17.6 Å². The van der Waals surface area contributed by atoms with Gasteiger partial charge in [-0.05, 0) is 38.1 Å². The van der Waals surface area contributed by atoms with E-state index in [9.17, 15) is 18.0 Å². The van der Waals surface area contributed by atoms with Crippen LogP contribution in [0.5, 0.6) is 11.6 Å². The van der Waals surface area contributed by atoms with Gasteiger partial charge in [0.15, 0.2) is 5.82 Å². The van der Waals surface area contributed by atoms with Crippen molar-refractivity contribution in [3.8, 4) is 23.1 Å². The molecule has 174 valence electrons. The molecule has 12 heteroatoms. The number of hydrogen-bond donors (Lipinski definition) is 1. The summed E-state index contributed by atoms with van der Waals surface area (Å²) >= 11 is 0. The third-order valence-electron chi connectivity index (χ3n) is 4.60. The van der Waals surface area contributed by atoms with E-state index >= 15 is 0 Å². The fourth-order valence-electron chi connectivity index (χ4n) is 2.94. The number of nitrogens with zero attached hydrogens (tertiary/aromatic N) is 6. The molecule has 0 aliphatic carbocycles. The average molecular weight is 469 g/mol. The number of rotatable bonds is 6. The Morgan fingerprint density at radius 3 is 2.65 bits per heavy atom. The molecule has 0 atom stereocenters. The van der Waals surface area contributed by atoms with E-state index in [0.29, 0.717) is 17.7 Å². The highest BCUT2D eigenvalue weighted by Gasteiger charge is 2.30. The molecule has 1 amide bonds. The Morgan fingerprint density at radius 1 is 1.12 bits per heavy atom. The number of anilines is 1. The number of ether oxygens (including phenoxy) is 1. The predicted octanol–water partition coefficient (Wildman–Crippen LogP) is 4.77. The van der Waals surface area contributed by atoms with Crippen LogP contribution < -0.4 is 10.1 Å². The summed E-state index contributed by atoms with van der Waals surface area (Å²) < 4.78 is 45.4. The lowest BCUT2D eigenvalue weighted by molar-refractivity contribution is -0.137. The standard InChI is InChI=1S/C22H18F3N7O2/c1-13(2)32-12-28-31-20(32)16-4-3-5-18(29-16)30-21(33)17-10-15(8-9-26-17)34-19-7-6-14(11-27-19)22(23,24)25/h3-13H,1-2H3,(H,29,30,33). The third-order valence-corrected chi connectivity index (χ3v) is 4.60. The fourth-order valence-corrected chi connectivity index (χ4v) is 2.94. The number of carbonyl (C=O) groups excluding carboxylic acids is 1. The maximum Gasteiger partial charge on any atom is 0.417 e. The smallest absolute Gasteiger partial charge is 0.417 e. The Bertz CT molecular complexity index is 1300. The van der Waals surface area contributed by atoms with Gasteiger partial charge in [0.2, 0.25) is 5.88 Å². The quantitative estimate of drug-likeness (QED) is 0.433. The molecule has 9 nitrogen and oxygen atoms in total. The Morgan fingerprint density at radius 2 is 1.94 bits per heavy atom. The molecule has 0 aliphatic rings. The van der Waals surface area contributed by atoms with Crippen LogP contribution in [-0.2, 0) is 6.18 Å². The largest absolute Gasteiger partial charge is 0.439 e. The van der Waals surface area contributed by atoms with E-state index in [1.165, 1.54) is 18.3 Å². The van der Waals surface area contributed by atoms with Crippen LogP contribution in [0, 0.1) is 0 Å². The molecule has 34 heavy (non-hydrogen) atoms. The van der Waals surface area contributed by atoms with Gasteiger partial charge in [-0.2, -0.15) is 13.2 Å². The van der Waals surface area contributed by atoms with Crippen molar-refractivity contribution in [1.29, 1.82) is 0 Å². The normalized spacial score (nSPS) is 11.5. The zero-order chi connectivity index (χ0) is 24.3. The number of nitrogens with one attached hydrogen (secondary N) is 1. The molecular weight excluding hydrogens is 451 g/mol. The summed E-state index contributed by atoms with van der Waals surface area (Å²) in [6.07, 6.45) is -0.886. The summed E-state index contributed by atoms with van der Waals surface area (Å²) in [4.78, 5) is 24.8. The molecule has 0 saturated heterocycles. The number of aromatic nitrogens is 6. The lowest BCUT2D eigenvalue weighted by Gasteiger charge is -2.11. The van der Waals surface area contributed by atoms with Crippen LogP contribution in [0.3, 0.4) is 0 Å². The van der Waals surface area contributed by atoms with Crippen molar-refractivity contribution in [2.75, 3.05) is 5.32 Å². The second-order valence-electron chi connectivity index (χ2n) is 7.38. The SMILES string of the molecule is CC(C)n1cnnc1-c1cccc(NC(=O)c2cc(Oc3ccc(C(F)(F)F)cn3)ccn2)n1. The maximum atomic E-state index is 12.7. The van der Waals surface area contributed by atoms with Crippen molar-refractivity contribution >= 4 is 11.7 Å². The lowest BCUT2D eigenvalue weighted by atomic mass is 10.3. The van der Waals surface area contributed by atoms with E-state index in [-0.39, 0.29) is 29.2 Å². The van der Waals surface area contributed by atoms with Crippen LogP contribution in [0.1, 0.15) is 35.9 Å². The second kappa shape index (κ2) is 9.25. The molecule has 0 aliphatic heterocycles. The minimum atomic E-state index is -4.50. The molecule has 4 heterocycles. The van der Waals surface area contributed by atoms with Gasteiger partial charge in [-0.1, -0.05) is 6.07 Å². The third kappa shape index (κ3) is 5.17. The fraction of sp³-hybridized carbons (Fsp3) is 0.182. The highest BCUT2D eigenvalue weighted by atomic mass is 19.4. The van der Waals surface area contributed by atoms with Crippen LogP contribution in [0.4, 0.5) is 19.0 Å². The van der Waals surface area contributed by atoms with Gasteiger partial charge in [-0.3, -0.25) is 9.78 Å². The van der Waals surface area contributed by atoms with Gasteiger partial charge >= 0.3 is 6.18 Å². The van der Waals surface area contributed by atoms with Crippen molar-refractivity contribution in [3.05, 3.63) is 72.4 Å². The number of pyridine rings is 3. The number of carbonyl (C=O) groups is 1. The number of amides is 1. The number of hydrogen-bond acceptors (Lipinski definition) is 7. The first-order chi connectivity index (χ1) is 16.2. The van der Waals surface area contributed by atoms with Crippen molar-refractivity contribution in [2.24, 2.45) is 0 Å². The highest BCUT2D eigenvalue weighted by Crippen LogP contribution is 2.30. The van der Waals surface area contributed by atoms with Gasteiger partial charge in [0.25, 0.3) is 5.91 Å². The number of halogens is 3. The molecule has 0 aromatic carbocycles. The maximum absolute atomic E-state index is 12.7. The Hall–Kier alpha value is -4.35. The summed E-state index contributed by atoms with van der Waals surface area (Å²) in [5.74, 6) is 0.399. The Balaban J connectivity index is 1.48. The van der Waals surface area contributed by atoms with Crippen molar-refractivity contribution in [3.63, 3.8) is 0 Å². The minimum Gasteiger partial charge on any atom is -0.439 e. The summed E-state index contributed by atoms with van der Waals surface area (Å²) in [5.41, 5.74) is -0.347. The van der Waals surface area contributed by atoms with Crippen molar-refractivity contribution in [1.82, 2.24) is 29.7 Å². The van der Waals surface area contributed by atoms with Crippen LogP contribution in [0.15, 0.2) is 61.2 Å². The highest BCUT2D eigenvalue weighted by molar-refractivity contribution is 6.02. The van der Waals surface area contributed by atoms with E-state index in [2.05, 4.69) is 30.5 Å². The average Bonchev–Trinajstić information content (AvgIpc) is 3.30. The molecule has 0 radical (unpaired) electrons. The lowest BCUT2D eigenvalue weighted by Crippen LogP contribution is -2.15. The van der Waals surface area contributed by atoms with Gasteiger partial charge in [0, 0.05) is 30.6 Å². The molecule has 0 spiro atoms. The van der Waals surface area contributed by atoms with Crippen molar-refractivity contribution in [2.45, 2.75) is 26.1 Å². The monoisotopic (exact) mass is 469 g/mol. The van der Waals surface area contributed by atoms with Gasteiger partial charge in [0.1, 0.15) is 29.3 Å². The van der Waals surface area contributed by atoms with E-state index in [4.69, 9.17) is 4.74 Å². The summed E-state index contributed by atoms with van der Waals surface area (Å²) in [5, 5.41) is 10.7. The van der Waals surface area contributed by atoms with Crippen LogP contribution in [0.25, 0.3) is 11.5 Å². The molecule has 4 aromatic rings. The number of alkyl halides is 3. The molecule has 4 aromatic heterocycles. The van der Waals surface area contributed by atoms with Gasteiger partial charge < -0.3 is 14.6 Å². The predicted molar refractivity (Wildman–Crippen MR) is 115 cm³/mol. The first kappa shape index (κ1) is 22.8. The molecule has 0 fully saturated rings. The molecule has 0 saturated carbocycles. The minimum absolute atomic E-state index is 0.0157. The summed E-state index contributed by atoms with van der Waals surface area (Å²) in [7, 11) is 0. The van der Waals surface area contributed by atoms with Crippen LogP contribution >= 0.6 is 0 Å². The van der Waals surface area contributed by atoms with Crippen LogP contribution in [-0.4, -0.2) is 35.6 Å². The zero-order valence-electron chi connectivity index (χ0n) is 18.0. The summed E-state index contributed by atoms with van der Waals surface area (Å²) in [6.45, 7) is 3.97. The molecule has 1 N–H and O–H groups in total. The van der Waals surface area contributed by atoms with Gasteiger partial charge in [0.05, 0.1) is 5.56 Å². The second-order valence-corrected chi connectivity index (χ2v) is 7.38. The molecule has 4 rings (SSSR count). The Labute approximate surface area is 191 Å². The molecular formula is C22H18F3N7O2. The summed E-state index contributed by atoms with van der Waals surface area (Å²) in [6, 6.07) is 9.95. The van der Waals surface area contributed by atoms with E-state index in [1.54, 1.807) is 24.5 Å². The van der Waals surface area contributed by atoms with E-state index in [0.717, 1.165) is 12.1 Å². The topological polar surface area (TPSA) is 108 Å². The first-order valence-electron chi connectivity index (χ1n) is 10.1. The van der Waals surface area contributed by atoms with E-state index in [1.807, 2.05) is 18.4 Å². The van der Waals surface area contributed by atoms with Crippen molar-refractivity contribution < 1.29 is 22.7 Å². The molecule has 0 unspecified atom stereocenters. The van der Waals surface area contributed by atoms with Gasteiger partial charge in [-0.15, -0.1) is 10.2 Å². The van der Waals surface area contributed by atoms with Crippen LogP contribution in [0.2, 0.25) is 0 Å². The molecule has 0 bridgehead atoms. The zero-order valence-corrected chi connectivity index (χ0v) is 18.0. The first-order valence-corrected chi connectivity index (χ1v) is 10.1. The van der Waals surface area contributed by atoms with Gasteiger partial charge in [-0.25, -0.2) is 9.97 Å².